The van der Waals surface area contributed by atoms with E-state index in [2.05, 4.69) is 5.32 Å². The summed E-state index contributed by atoms with van der Waals surface area (Å²) in [5.41, 5.74) is -1.28. The van der Waals surface area contributed by atoms with Crippen molar-refractivity contribution < 1.29 is 55.8 Å². The second kappa shape index (κ2) is 15.8. The summed E-state index contributed by atoms with van der Waals surface area (Å²) in [5, 5.41) is 13.2. The third-order valence-electron chi connectivity index (χ3n) is 5.59. The van der Waals surface area contributed by atoms with Crippen molar-refractivity contribution in [1.82, 2.24) is 5.32 Å². The number of para-hydroxylation sites is 1. The van der Waals surface area contributed by atoms with Crippen LogP contribution in [-0.4, -0.2) is 69.1 Å². The van der Waals surface area contributed by atoms with Gasteiger partial charge in [-0.05, 0) is 25.5 Å². The number of hydrogen-bond acceptors (Lipinski definition) is 12. The Morgan fingerprint density at radius 1 is 0.976 bits per heavy atom. The summed E-state index contributed by atoms with van der Waals surface area (Å²) < 4.78 is 50.1. The van der Waals surface area contributed by atoms with E-state index in [4.69, 9.17) is 23.1 Å². The highest BCUT2D eigenvalue weighted by molar-refractivity contribution is 7.86. The van der Waals surface area contributed by atoms with Gasteiger partial charge < -0.3 is 29.4 Å². The summed E-state index contributed by atoms with van der Waals surface area (Å²) in [6, 6.07) is 13.6. The number of rotatable bonds is 15. The SMILES string of the molecule is CCOC(=O)c1ccccc1OC(=O)OC(OC(=O)[C@H](O)C(C)(C)COS(=O)(=O)CCCNC(C)=O)c1ccccc1. The number of nitrogens with one attached hydrogen (secondary N) is 1. The molecule has 0 fully saturated rings. The van der Waals surface area contributed by atoms with Crippen LogP contribution in [0.1, 0.15) is 56.3 Å². The van der Waals surface area contributed by atoms with Crippen LogP contribution in [0.4, 0.5) is 4.79 Å². The number of aliphatic hydroxyl groups is 1. The Bertz CT molecular complexity index is 1330. The highest BCUT2D eigenvalue weighted by Crippen LogP contribution is 2.28. The van der Waals surface area contributed by atoms with Gasteiger partial charge in [0.15, 0.2) is 6.10 Å². The van der Waals surface area contributed by atoms with Crippen LogP contribution in [0.2, 0.25) is 0 Å². The number of carbonyl (C=O) groups excluding carboxylic acids is 4. The standard InChI is InChI=1S/C28H35NO12S/c1-5-37-24(32)21-14-9-10-15-22(21)39-27(34)41-26(20-12-7-6-8-13-20)40-25(33)23(31)28(3,4)18-38-42(35,36)17-11-16-29-19(2)30/h6-10,12-15,23,26,31H,5,11,16-18H2,1-4H3,(H,29,30)/t23-,26?/m0/s1. The summed E-state index contributed by atoms with van der Waals surface area (Å²) >= 11 is 0. The summed E-state index contributed by atoms with van der Waals surface area (Å²) in [6.07, 6.45) is -4.80. The molecule has 0 saturated heterocycles. The van der Waals surface area contributed by atoms with Gasteiger partial charge in [-0.2, -0.15) is 8.42 Å². The molecule has 2 rings (SSSR count). The van der Waals surface area contributed by atoms with Crippen molar-refractivity contribution in [3.05, 3.63) is 65.7 Å². The first-order valence-electron chi connectivity index (χ1n) is 13.0. The maximum absolute atomic E-state index is 12.9. The first-order valence-corrected chi connectivity index (χ1v) is 14.5. The van der Waals surface area contributed by atoms with Gasteiger partial charge in [0.25, 0.3) is 16.4 Å². The molecule has 2 N–H and O–H groups in total. The van der Waals surface area contributed by atoms with Crippen LogP contribution in [0.5, 0.6) is 5.75 Å². The van der Waals surface area contributed by atoms with Crippen LogP contribution < -0.4 is 10.1 Å². The Morgan fingerprint density at radius 3 is 2.26 bits per heavy atom. The van der Waals surface area contributed by atoms with Gasteiger partial charge in [0.05, 0.1) is 19.0 Å². The molecule has 0 radical (unpaired) electrons. The molecule has 0 spiro atoms. The Morgan fingerprint density at radius 2 is 1.62 bits per heavy atom. The van der Waals surface area contributed by atoms with Crippen molar-refractivity contribution in [3.8, 4) is 5.75 Å². The molecule has 14 heteroatoms. The number of ether oxygens (including phenoxy) is 4. The highest BCUT2D eigenvalue weighted by atomic mass is 32.2. The molecule has 42 heavy (non-hydrogen) atoms. The highest BCUT2D eigenvalue weighted by Gasteiger charge is 2.38. The maximum atomic E-state index is 12.9. The predicted molar refractivity (Wildman–Crippen MR) is 148 cm³/mol. The lowest BCUT2D eigenvalue weighted by atomic mass is 9.87. The van der Waals surface area contributed by atoms with Crippen LogP contribution >= 0.6 is 0 Å². The molecule has 0 aliphatic rings. The number of amides is 1. The maximum Gasteiger partial charge on any atom is 0.517 e. The monoisotopic (exact) mass is 609 g/mol. The van der Waals surface area contributed by atoms with Gasteiger partial charge in [0.2, 0.25) is 5.91 Å². The van der Waals surface area contributed by atoms with Crippen LogP contribution in [0.15, 0.2) is 54.6 Å². The van der Waals surface area contributed by atoms with E-state index in [1.165, 1.54) is 51.1 Å². The number of hydrogen-bond donors (Lipinski definition) is 2. The molecule has 0 aliphatic heterocycles. The second-order valence-corrected chi connectivity index (χ2v) is 11.4. The number of aliphatic hydroxyl groups excluding tert-OH is 1. The van der Waals surface area contributed by atoms with Crippen molar-refractivity contribution in [2.45, 2.75) is 46.5 Å². The smallest absolute Gasteiger partial charge is 0.462 e. The van der Waals surface area contributed by atoms with Gasteiger partial charge in [-0.1, -0.05) is 56.3 Å². The van der Waals surface area contributed by atoms with E-state index in [1.807, 2.05) is 0 Å². The second-order valence-electron chi connectivity index (χ2n) is 9.62. The minimum Gasteiger partial charge on any atom is -0.462 e. The number of esters is 2. The fourth-order valence-corrected chi connectivity index (χ4v) is 4.39. The molecule has 0 saturated carbocycles. The molecule has 0 aliphatic carbocycles. The van der Waals surface area contributed by atoms with Crippen LogP contribution in [0.3, 0.4) is 0 Å². The zero-order valence-corrected chi connectivity index (χ0v) is 24.5. The van der Waals surface area contributed by atoms with E-state index in [0.717, 1.165) is 0 Å². The molecule has 0 aromatic heterocycles. The van der Waals surface area contributed by atoms with Crippen molar-refractivity contribution >= 4 is 34.1 Å². The fourth-order valence-electron chi connectivity index (χ4n) is 3.29. The van der Waals surface area contributed by atoms with Gasteiger partial charge in [-0.25, -0.2) is 14.4 Å². The quantitative estimate of drug-likeness (QED) is 0.0992. The van der Waals surface area contributed by atoms with E-state index in [0.29, 0.717) is 0 Å². The van der Waals surface area contributed by atoms with Crippen molar-refractivity contribution in [1.29, 1.82) is 0 Å². The molecule has 230 valence electrons. The average Bonchev–Trinajstić information content (AvgIpc) is 2.94. The molecule has 1 unspecified atom stereocenters. The van der Waals surface area contributed by atoms with E-state index in [9.17, 15) is 32.7 Å². The van der Waals surface area contributed by atoms with Gasteiger partial charge in [-0.3, -0.25) is 8.98 Å². The topological polar surface area (TPSA) is 181 Å². The lowest BCUT2D eigenvalue weighted by molar-refractivity contribution is -0.187. The largest absolute Gasteiger partial charge is 0.517 e. The summed E-state index contributed by atoms with van der Waals surface area (Å²) in [5.74, 6) is -2.82. The Balaban J connectivity index is 2.09. The molecular formula is C28H35NO12S. The molecule has 1 amide bonds. The van der Waals surface area contributed by atoms with E-state index in [-0.39, 0.29) is 42.4 Å². The molecule has 0 bridgehead atoms. The summed E-state index contributed by atoms with van der Waals surface area (Å²) in [7, 11) is -4.03. The number of benzene rings is 2. The Labute approximate surface area is 244 Å². The molecule has 0 heterocycles. The first-order chi connectivity index (χ1) is 19.8. The van der Waals surface area contributed by atoms with E-state index in [1.54, 1.807) is 31.2 Å². The van der Waals surface area contributed by atoms with Gasteiger partial charge in [0.1, 0.15) is 11.3 Å². The van der Waals surface area contributed by atoms with Crippen LogP contribution in [0, 0.1) is 5.41 Å². The normalized spacial score (nSPS) is 12.9. The fraction of sp³-hybridized carbons (Fsp3) is 0.429. The van der Waals surface area contributed by atoms with Crippen molar-refractivity contribution in [2.75, 3.05) is 25.5 Å². The lowest BCUT2D eigenvalue weighted by Gasteiger charge is -2.29. The minimum atomic E-state index is -4.03. The average molecular weight is 610 g/mol. The van der Waals surface area contributed by atoms with E-state index >= 15 is 0 Å². The minimum absolute atomic E-state index is 0.0354. The zero-order valence-electron chi connectivity index (χ0n) is 23.7. The molecule has 2 aromatic carbocycles. The van der Waals surface area contributed by atoms with Crippen LogP contribution in [-0.2, 0) is 38.1 Å². The van der Waals surface area contributed by atoms with Crippen LogP contribution in [0.25, 0.3) is 0 Å². The Kier molecular flexibility index (Phi) is 12.9. The molecule has 13 nitrogen and oxygen atoms in total. The van der Waals surface area contributed by atoms with Gasteiger partial charge >= 0.3 is 18.1 Å². The lowest BCUT2D eigenvalue weighted by Crippen LogP contribution is -2.42. The summed E-state index contributed by atoms with van der Waals surface area (Å²) in [4.78, 5) is 48.7. The third-order valence-corrected chi connectivity index (χ3v) is 6.86. The Hall–Kier alpha value is -4.01. The predicted octanol–water partition coefficient (Wildman–Crippen LogP) is 2.88. The molecular weight excluding hydrogens is 574 g/mol. The summed E-state index contributed by atoms with van der Waals surface area (Å²) in [6.45, 7) is 5.33. The van der Waals surface area contributed by atoms with Gasteiger partial charge in [-0.15, -0.1) is 0 Å². The van der Waals surface area contributed by atoms with Crippen molar-refractivity contribution in [2.24, 2.45) is 5.41 Å². The zero-order chi connectivity index (χ0) is 31.3. The molecule has 2 aromatic rings. The third kappa shape index (κ3) is 11.1. The first kappa shape index (κ1) is 34.2. The molecule has 2 atom stereocenters. The van der Waals surface area contributed by atoms with Gasteiger partial charge in [0, 0.05) is 24.4 Å². The number of carbonyl (C=O) groups is 4. The van der Waals surface area contributed by atoms with Crippen molar-refractivity contribution in [3.63, 3.8) is 0 Å². The van der Waals surface area contributed by atoms with E-state index < -0.39 is 58.4 Å².